The van der Waals surface area contributed by atoms with E-state index in [1.54, 1.807) is 25.2 Å². The van der Waals surface area contributed by atoms with Crippen molar-refractivity contribution in [1.29, 1.82) is 0 Å². The Morgan fingerprint density at radius 3 is 2.62 bits per heavy atom. The van der Waals surface area contributed by atoms with Crippen LogP contribution in [0.1, 0.15) is 11.1 Å². The molecule has 2 aromatic rings. The number of halogens is 1. The number of fused-ring (bicyclic) bond motifs is 1. The number of carbonyl (C=O) groups excluding carboxylic acids is 2. The zero-order valence-electron chi connectivity index (χ0n) is 12.8. The Morgan fingerprint density at radius 1 is 1.25 bits per heavy atom. The van der Waals surface area contributed by atoms with Gasteiger partial charge in [-0.25, -0.2) is 9.79 Å². The number of nitrogens with zero attached hydrogens (tertiary/aromatic N) is 2. The third kappa shape index (κ3) is 2.96. The largest absolute Gasteiger partial charge is 0.414 e. The van der Waals surface area contributed by atoms with Crippen molar-refractivity contribution in [3.8, 4) is 0 Å². The summed E-state index contributed by atoms with van der Waals surface area (Å²) in [5, 5.41) is 0.507. The van der Waals surface area contributed by atoms with Crippen molar-refractivity contribution in [2.24, 2.45) is 10.7 Å². The number of primary amides is 1. The number of nitrogens with two attached hydrogens (primary N) is 1. The molecule has 1 aliphatic rings. The first kappa shape index (κ1) is 16.0. The second kappa shape index (κ2) is 6.33. The SMILES string of the molecule is CN1C(=O)C(OC(N)=O)N=C(c2ccccc2)c2cc(Cl)ccc21. The van der Waals surface area contributed by atoms with E-state index in [1.165, 1.54) is 4.90 Å². The van der Waals surface area contributed by atoms with Gasteiger partial charge in [-0.2, -0.15) is 0 Å². The van der Waals surface area contributed by atoms with Crippen LogP contribution in [0.5, 0.6) is 0 Å². The Hall–Kier alpha value is -2.86. The molecule has 0 radical (unpaired) electrons. The van der Waals surface area contributed by atoms with Crippen molar-refractivity contribution in [2.75, 3.05) is 11.9 Å². The van der Waals surface area contributed by atoms with Crippen molar-refractivity contribution in [2.45, 2.75) is 6.23 Å². The Morgan fingerprint density at radius 2 is 1.96 bits per heavy atom. The van der Waals surface area contributed by atoms with Crippen LogP contribution in [-0.2, 0) is 9.53 Å². The van der Waals surface area contributed by atoms with Crippen molar-refractivity contribution in [3.63, 3.8) is 0 Å². The zero-order chi connectivity index (χ0) is 17.3. The molecule has 1 heterocycles. The first-order chi connectivity index (χ1) is 11.5. The summed E-state index contributed by atoms with van der Waals surface area (Å²) in [5.74, 6) is -0.497. The minimum atomic E-state index is -1.35. The average molecular weight is 344 g/mol. The maximum absolute atomic E-state index is 12.6. The number of benzodiazepines with no additional fused rings is 1. The quantitative estimate of drug-likeness (QED) is 0.909. The van der Waals surface area contributed by atoms with Crippen molar-refractivity contribution in [1.82, 2.24) is 0 Å². The van der Waals surface area contributed by atoms with E-state index >= 15 is 0 Å². The van der Waals surface area contributed by atoms with Gasteiger partial charge in [0.1, 0.15) is 0 Å². The van der Waals surface area contributed by atoms with Crippen LogP contribution in [0.15, 0.2) is 53.5 Å². The van der Waals surface area contributed by atoms with E-state index in [-0.39, 0.29) is 0 Å². The molecule has 0 saturated heterocycles. The number of hydrogen-bond acceptors (Lipinski definition) is 4. The van der Waals surface area contributed by atoms with Crippen LogP contribution in [0.2, 0.25) is 5.02 Å². The summed E-state index contributed by atoms with van der Waals surface area (Å²) in [7, 11) is 1.58. The highest BCUT2D eigenvalue weighted by atomic mass is 35.5. The average Bonchev–Trinajstić information content (AvgIpc) is 2.66. The van der Waals surface area contributed by atoms with Crippen molar-refractivity contribution in [3.05, 3.63) is 64.7 Å². The van der Waals surface area contributed by atoms with E-state index in [9.17, 15) is 9.59 Å². The molecule has 2 N–H and O–H groups in total. The summed E-state index contributed by atoms with van der Waals surface area (Å²) < 4.78 is 4.89. The molecule has 0 aliphatic carbocycles. The molecule has 0 bridgehead atoms. The summed E-state index contributed by atoms with van der Waals surface area (Å²) >= 11 is 6.12. The number of benzene rings is 2. The van der Waals surface area contributed by atoms with Gasteiger partial charge in [0.25, 0.3) is 12.1 Å². The molecule has 122 valence electrons. The fraction of sp³-hybridized carbons (Fsp3) is 0.118. The van der Waals surface area contributed by atoms with Crippen molar-refractivity contribution < 1.29 is 14.3 Å². The monoisotopic (exact) mass is 343 g/mol. The van der Waals surface area contributed by atoms with Crippen LogP contribution in [0.4, 0.5) is 10.5 Å². The first-order valence-corrected chi connectivity index (χ1v) is 7.52. The maximum atomic E-state index is 12.6. The van der Waals surface area contributed by atoms with Crippen LogP contribution < -0.4 is 10.6 Å². The number of rotatable bonds is 2. The molecule has 0 saturated carbocycles. The molecule has 2 amide bonds. The number of ether oxygens (including phenoxy) is 1. The molecule has 6 nitrogen and oxygen atoms in total. The topological polar surface area (TPSA) is 85.0 Å². The van der Waals surface area contributed by atoms with Crippen molar-refractivity contribution >= 4 is 35.0 Å². The van der Waals surface area contributed by atoms with Gasteiger partial charge in [-0.15, -0.1) is 0 Å². The molecular weight excluding hydrogens is 330 g/mol. The van der Waals surface area contributed by atoms with E-state index < -0.39 is 18.2 Å². The van der Waals surface area contributed by atoms with Gasteiger partial charge in [0.05, 0.1) is 11.4 Å². The van der Waals surface area contributed by atoms with Crippen LogP contribution in [0, 0.1) is 0 Å². The minimum Gasteiger partial charge on any atom is -0.414 e. The Labute approximate surface area is 143 Å². The minimum absolute atomic E-state index is 0.497. The molecule has 2 aromatic carbocycles. The summed E-state index contributed by atoms with van der Waals surface area (Å²) in [6.07, 6.45) is -2.42. The highest BCUT2D eigenvalue weighted by Crippen LogP contribution is 2.30. The van der Waals surface area contributed by atoms with E-state index in [1.807, 2.05) is 30.3 Å². The molecule has 24 heavy (non-hydrogen) atoms. The lowest BCUT2D eigenvalue weighted by Crippen LogP contribution is -2.38. The number of likely N-dealkylation sites (N-methyl/N-ethyl adjacent to an activating group) is 1. The zero-order valence-corrected chi connectivity index (χ0v) is 13.5. The third-order valence-corrected chi connectivity index (χ3v) is 3.87. The Bertz CT molecular complexity index is 836. The molecule has 0 aromatic heterocycles. The first-order valence-electron chi connectivity index (χ1n) is 7.14. The molecular formula is C17H14ClN3O3. The molecule has 7 heteroatoms. The lowest BCUT2D eigenvalue weighted by Gasteiger charge is -2.19. The highest BCUT2D eigenvalue weighted by molar-refractivity contribution is 6.32. The number of anilines is 1. The summed E-state index contributed by atoms with van der Waals surface area (Å²) in [5.41, 5.74) is 7.62. The third-order valence-electron chi connectivity index (χ3n) is 3.64. The van der Waals surface area contributed by atoms with Gasteiger partial charge in [0.2, 0.25) is 0 Å². The maximum Gasteiger partial charge on any atom is 0.406 e. The normalized spacial score (nSPS) is 16.9. The smallest absolute Gasteiger partial charge is 0.406 e. The van der Waals surface area contributed by atoms with Gasteiger partial charge in [-0.3, -0.25) is 4.79 Å². The standard InChI is InChI=1S/C17H14ClN3O3/c1-21-13-8-7-11(18)9-12(13)14(10-5-3-2-4-6-10)20-15(16(21)22)24-17(19)23/h2-9,15H,1H3,(H2,19,23). The number of carbonyl (C=O) groups is 2. The van der Waals surface area contributed by atoms with Gasteiger partial charge < -0.3 is 15.4 Å². The molecule has 0 spiro atoms. The van der Waals surface area contributed by atoms with Crippen LogP contribution in [-0.4, -0.2) is 31.0 Å². The van der Waals surface area contributed by atoms with E-state index in [2.05, 4.69) is 4.99 Å². The Balaban J connectivity index is 2.24. The second-order valence-electron chi connectivity index (χ2n) is 5.19. The Kier molecular flexibility index (Phi) is 4.22. The lowest BCUT2D eigenvalue weighted by atomic mass is 10.0. The van der Waals surface area contributed by atoms with E-state index in [0.717, 1.165) is 5.56 Å². The summed E-state index contributed by atoms with van der Waals surface area (Å²) in [6.45, 7) is 0. The fourth-order valence-electron chi connectivity index (χ4n) is 2.53. The predicted molar refractivity (Wildman–Crippen MR) is 91.4 cm³/mol. The van der Waals surface area contributed by atoms with E-state index in [4.69, 9.17) is 22.1 Å². The van der Waals surface area contributed by atoms with E-state index in [0.29, 0.717) is 22.0 Å². The summed E-state index contributed by atoms with van der Waals surface area (Å²) in [6, 6.07) is 14.4. The van der Waals surface area contributed by atoms with Gasteiger partial charge in [0, 0.05) is 23.2 Å². The lowest BCUT2D eigenvalue weighted by molar-refractivity contribution is -0.125. The molecule has 1 atom stereocenters. The van der Waals surface area contributed by atoms with Gasteiger partial charge in [0.15, 0.2) is 0 Å². The second-order valence-corrected chi connectivity index (χ2v) is 5.63. The number of hydrogen-bond donors (Lipinski definition) is 1. The summed E-state index contributed by atoms with van der Waals surface area (Å²) in [4.78, 5) is 29.4. The van der Waals surface area contributed by atoms with Crippen LogP contribution >= 0.6 is 11.6 Å². The van der Waals surface area contributed by atoms with Crippen LogP contribution in [0.25, 0.3) is 0 Å². The van der Waals surface area contributed by atoms with Crippen LogP contribution in [0.3, 0.4) is 0 Å². The number of amides is 2. The number of aliphatic imine (C=N–C) groups is 1. The molecule has 0 fully saturated rings. The predicted octanol–water partition coefficient (Wildman–Crippen LogP) is 2.58. The fourth-order valence-corrected chi connectivity index (χ4v) is 2.70. The molecule has 3 rings (SSSR count). The molecule has 1 unspecified atom stereocenters. The van der Waals surface area contributed by atoms with Gasteiger partial charge in [-0.1, -0.05) is 41.9 Å². The molecule has 1 aliphatic heterocycles. The highest BCUT2D eigenvalue weighted by Gasteiger charge is 2.32. The van der Waals surface area contributed by atoms with Gasteiger partial charge in [-0.05, 0) is 18.2 Å². The van der Waals surface area contributed by atoms with Gasteiger partial charge >= 0.3 is 6.09 Å².